The van der Waals surface area contributed by atoms with Gasteiger partial charge in [0.15, 0.2) is 0 Å². The maximum absolute atomic E-state index is 14.1. The van der Waals surface area contributed by atoms with Gasteiger partial charge in [-0.3, -0.25) is 9.69 Å². The molecule has 336 valence electrons. The molecule has 17 nitrogen and oxygen atoms in total. The number of nitrogens with zero attached hydrogens (tertiary/aromatic N) is 4. The van der Waals surface area contributed by atoms with E-state index >= 15 is 0 Å². The quantitative estimate of drug-likeness (QED) is 0.100. The number of hydrogen-bond donors (Lipinski definition) is 4. The van der Waals surface area contributed by atoms with E-state index in [0.717, 1.165) is 74.3 Å². The minimum Gasteiger partial charge on any atom is -0.488 e. The van der Waals surface area contributed by atoms with E-state index in [-0.39, 0.29) is 36.1 Å². The van der Waals surface area contributed by atoms with Gasteiger partial charge >= 0.3 is 12.2 Å². The summed E-state index contributed by atoms with van der Waals surface area (Å²) in [5.74, 6) is 2.54. The molecule has 0 spiro atoms. The molecule has 3 aliphatic heterocycles. The molecule has 0 aliphatic carbocycles. The number of fused-ring (bicyclic) bond motifs is 6. The van der Waals surface area contributed by atoms with Crippen LogP contribution >= 0.6 is 0 Å². The largest absolute Gasteiger partial charge is 0.488 e. The van der Waals surface area contributed by atoms with E-state index in [1.807, 2.05) is 19.2 Å². The van der Waals surface area contributed by atoms with Crippen molar-refractivity contribution >= 4 is 39.9 Å². The molecule has 0 unspecified atom stereocenters. The number of methoxy groups -OCH3 is 5. The summed E-state index contributed by atoms with van der Waals surface area (Å²) in [6.07, 6.45) is 1.45. The highest BCUT2D eigenvalue weighted by Crippen LogP contribution is 2.44. The predicted octanol–water partition coefficient (Wildman–Crippen LogP) is 6.10. The van der Waals surface area contributed by atoms with Crippen LogP contribution in [0.4, 0.5) is 9.59 Å². The molecule has 3 aromatic carbocycles. The van der Waals surface area contributed by atoms with E-state index in [2.05, 4.69) is 68.8 Å². The average Bonchev–Trinajstić information content (AvgIpc) is 4.12. The van der Waals surface area contributed by atoms with Crippen molar-refractivity contribution in [2.75, 3.05) is 61.8 Å². The summed E-state index contributed by atoms with van der Waals surface area (Å²) >= 11 is 0. The number of nitrogens with one attached hydrogen (secondary N) is 4. The summed E-state index contributed by atoms with van der Waals surface area (Å²) in [4.78, 5) is 59.8. The Morgan fingerprint density at radius 2 is 1.65 bits per heavy atom. The van der Waals surface area contributed by atoms with Crippen molar-refractivity contribution in [3.05, 3.63) is 65.9 Å². The lowest BCUT2D eigenvalue weighted by Crippen LogP contribution is -2.54. The summed E-state index contributed by atoms with van der Waals surface area (Å²) in [6, 6.07) is 13.2. The first-order chi connectivity index (χ1) is 30.4. The lowest BCUT2D eigenvalue weighted by Gasteiger charge is -2.31. The van der Waals surface area contributed by atoms with Crippen LogP contribution in [-0.4, -0.2) is 134 Å². The molecule has 63 heavy (non-hydrogen) atoms. The summed E-state index contributed by atoms with van der Waals surface area (Å²) in [5, 5.41) is 7.54. The van der Waals surface area contributed by atoms with Crippen LogP contribution in [0.5, 0.6) is 5.75 Å². The van der Waals surface area contributed by atoms with Crippen molar-refractivity contribution in [1.82, 2.24) is 40.4 Å². The van der Waals surface area contributed by atoms with Crippen LogP contribution in [0.3, 0.4) is 0 Å². The number of alkyl carbamates (subject to hydrolysis) is 2. The molecule has 0 bridgehead atoms. The topological polar surface area (TPSA) is 194 Å². The normalized spacial score (nSPS) is 21.6. The van der Waals surface area contributed by atoms with Crippen LogP contribution in [-0.2, 0) is 35.1 Å². The van der Waals surface area contributed by atoms with Gasteiger partial charge in [-0.2, -0.15) is 0 Å². The van der Waals surface area contributed by atoms with E-state index in [9.17, 15) is 14.4 Å². The zero-order valence-electron chi connectivity index (χ0n) is 37.2. The molecule has 2 fully saturated rings. The number of amides is 3. The first kappa shape index (κ1) is 43.9. The molecular weight excluding hydrogens is 809 g/mol. The number of rotatable bonds is 14. The van der Waals surface area contributed by atoms with Crippen molar-refractivity contribution in [2.45, 2.75) is 76.6 Å². The number of imidazole rings is 2. The molecule has 0 saturated carbocycles. The SMILES string of the molecule is COC[C@H]1C[C@@H](c2nc3c(ccc4cc5c(cc43)OCc3cc(-c4cnc([C@@H]6C[C@H](C)CN6C[C@@H](NC(=O)OC)[C@@H](C)OC)[nH]4)ccc3-5)[nH]2)N(C(=O)[C@@H](NC(=O)OC)[C@@H](C)OC)C1. The van der Waals surface area contributed by atoms with Crippen LogP contribution in [0.15, 0.2) is 48.7 Å². The van der Waals surface area contributed by atoms with E-state index in [1.165, 1.54) is 21.3 Å². The zero-order valence-corrected chi connectivity index (χ0v) is 37.2. The lowest BCUT2D eigenvalue weighted by atomic mass is 9.92. The molecule has 5 aromatic rings. The van der Waals surface area contributed by atoms with Gasteiger partial charge in [0.2, 0.25) is 5.91 Å². The van der Waals surface area contributed by atoms with Crippen molar-refractivity contribution in [3.63, 3.8) is 0 Å². The second kappa shape index (κ2) is 18.5. The predicted molar refractivity (Wildman–Crippen MR) is 235 cm³/mol. The van der Waals surface area contributed by atoms with Crippen molar-refractivity contribution < 1.29 is 42.8 Å². The van der Waals surface area contributed by atoms with Crippen LogP contribution in [0.25, 0.3) is 44.2 Å². The van der Waals surface area contributed by atoms with E-state index in [4.69, 9.17) is 38.4 Å². The third kappa shape index (κ3) is 8.79. The number of carbonyl (C=O) groups excluding carboxylic acids is 3. The maximum atomic E-state index is 14.1. The number of hydrogen-bond acceptors (Lipinski definition) is 12. The Morgan fingerprint density at radius 1 is 0.873 bits per heavy atom. The molecule has 8 rings (SSSR count). The summed E-state index contributed by atoms with van der Waals surface area (Å²) in [5.41, 5.74) is 6.71. The second-order valence-corrected chi connectivity index (χ2v) is 17.1. The molecule has 3 amide bonds. The summed E-state index contributed by atoms with van der Waals surface area (Å²) in [6.45, 7) is 8.68. The molecule has 17 heteroatoms. The first-order valence-electron chi connectivity index (χ1n) is 21.5. The molecule has 5 heterocycles. The average molecular weight is 867 g/mol. The van der Waals surface area contributed by atoms with Gasteiger partial charge in [-0.1, -0.05) is 25.1 Å². The van der Waals surface area contributed by atoms with Gasteiger partial charge < -0.3 is 53.9 Å². The third-order valence-corrected chi connectivity index (χ3v) is 13.0. The van der Waals surface area contributed by atoms with E-state index < -0.39 is 24.3 Å². The zero-order chi connectivity index (χ0) is 44.5. The minimum atomic E-state index is -0.962. The van der Waals surface area contributed by atoms with Crippen molar-refractivity contribution in [1.29, 1.82) is 0 Å². The Kier molecular flexibility index (Phi) is 12.9. The Hall–Kier alpha value is -5.75. The highest BCUT2D eigenvalue weighted by atomic mass is 16.5. The number of likely N-dealkylation sites (tertiary alicyclic amines) is 2. The Morgan fingerprint density at radius 3 is 2.40 bits per heavy atom. The Bertz CT molecular complexity index is 2470. The minimum absolute atomic E-state index is 0.0532. The maximum Gasteiger partial charge on any atom is 0.407 e. The van der Waals surface area contributed by atoms with E-state index in [1.54, 1.807) is 26.0 Å². The fraction of sp³-hybridized carbons (Fsp3) is 0.500. The molecule has 3 aliphatic rings. The monoisotopic (exact) mass is 866 g/mol. The third-order valence-electron chi connectivity index (χ3n) is 13.0. The number of benzene rings is 3. The highest BCUT2D eigenvalue weighted by molar-refractivity contribution is 6.07. The number of ether oxygens (including phenoxy) is 6. The molecule has 2 aromatic heterocycles. The van der Waals surface area contributed by atoms with E-state index in [0.29, 0.717) is 44.5 Å². The molecule has 4 N–H and O–H groups in total. The van der Waals surface area contributed by atoms with Gasteiger partial charge in [-0.05, 0) is 78.9 Å². The molecule has 0 radical (unpaired) electrons. The van der Waals surface area contributed by atoms with Gasteiger partial charge in [-0.25, -0.2) is 19.6 Å². The standard InChI is InChI=1S/C46H58N8O9/c1-24-13-37(53(19-24)21-36(25(2)59-5)50-45(56)61-7)42-47-18-35(49-42)29-9-11-31-30(15-29)23-63-39-17-32-28(16-33(31)39)10-12-34-41(32)51-43(48-34)38-14-27(22-58-4)20-54(38)44(55)40(26(3)60-6)52-46(57)62-8/h9-12,15-18,24-27,36-38,40H,13-14,19-23H2,1-8H3,(H,47,49)(H,48,51)(H,50,56)(H,52,57)/t24-,25+,26+,27-,36+,37-,38-,40-/m0/s1. The van der Waals surface area contributed by atoms with Gasteiger partial charge in [0.1, 0.15) is 30.0 Å². The fourth-order valence-electron chi connectivity index (χ4n) is 9.50. The van der Waals surface area contributed by atoms with Crippen LogP contribution < -0.4 is 15.4 Å². The van der Waals surface area contributed by atoms with Crippen molar-refractivity contribution in [2.24, 2.45) is 11.8 Å². The highest BCUT2D eigenvalue weighted by Gasteiger charge is 2.43. The van der Waals surface area contributed by atoms with Gasteiger partial charge in [0, 0.05) is 57.8 Å². The van der Waals surface area contributed by atoms with Crippen LogP contribution in [0, 0.1) is 11.8 Å². The van der Waals surface area contributed by atoms with Gasteiger partial charge in [0.25, 0.3) is 0 Å². The number of H-pyrrole nitrogens is 2. The first-order valence-corrected chi connectivity index (χ1v) is 21.5. The molecule has 8 atom stereocenters. The summed E-state index contributed by atoms with van der Waals surface area (Å²) in [7, 11) is 7.42. The Balaban J connectivity index is 1.04. The fourth-order valence-corrected chi connectivity index (χ4v) is 9.50. The van der Waals surface area contributed by atoms with Crippen molar-refractivity contribution in [3.8, 4) is 28.1 Å². The number of aromatic nitrogens is 4. The van der Waals surface area contributed by atoms with Crippen LogP contribution in [0.1, 0.15) is 62.9 Å². The number of carbonyl (C=O) groups is 3. The lowest BCUT2D eigenvalue weighted by molar-refractivity contribution is -0.137. The second-order valence-electron chi connectivity index (χ2n) is 17.1. The van der Waals surface area contributed by atoms with Crippen LogP contribution in [0.2, 0.25) is 0 Å². The summed E-state index contributed by atoms with van der Waals surface area (Å²) < 4.78 is 32.8. The van der Waals surface area contributed by atoms with Gasteiger partial charge in [0.05, 0.1) is 74.1 Å². The smallest absolute Gasteiger partial charge is 0.407 e. The Labute approximate surface area is 366 Å². The van der Waals surface area contributed by atoms with Gasteiger partial charge in [-0.15, -0.1) is 0 Å². The molecular formula is C46H58N8O9. The number of aromatic amines is 2. The molecule has 2 saturated heterocycles.